The number of nitrogens with zero attached hydrogens (tertiary/aromatic N) is 4. The number of rotatable bonds is 6. The number of H-pyrrole nitrogens is 1. The number of unbranched alkanes of at least 4 members (excludes halogenated alkanes) is 1. The van der Waals surface area contributed by atoms with Gasteiger partial charge in [0.25, 0.3) is 5.56 Å². The zero-order chi connectivity index (χ0) is 18.7. The highest BCUT2D eigenvalue weighted by atomic mass is 16.5. The van der Waals surface area contributed by atoms with Crippen molar-refractivity contribution in [3.8, 4) is 0 Å². The van der Waals surface area contributed by atoms with Crippen LogP contribution >= 0.6 is 0 Å². The summed E-state index contributed by atoms with van der Waals surface area (Å²) in [5.41, 5.74) is -0.270. The van der Waals surface area contributed by atoms with E-state index in [-0.39, 0.29) is 17.8 Å². The van der Waals surface area contributed by atoms with E-state index in [0.29, 0.717) is 18.0 Å². The predicted molar refractivity (Wildman–Crippen MR) is 93.9 cm³/mol. The van der Waals surface area contributed by atoms with Crippen molar-refractivity contribution in [2.45, 2.75) is 32.9 Å². The van der Waals surface area contributed by atoms with E-state index in [2.05, 4.69) is 15.0 Å². The molecule has 0 aliphatic rings. The second-order valence-electron chi connectivity index (χ2n) is 5.81. The fourth-order valence-corrected chi connectivity index (χ4v) is 2.63. The van der Waals surface area contributed by atoms with Crippen LogP contribution in [0.25, 0.3) is 11.2 Å². The van der Waals surface area contributed by atoms with Crippen LogP contribution in [0, 0.1) is 0 Å². The van der Waals surface area contributed by atoms with Gasteiger partial charge in [-0.3, -0.25) is 14.3 Å². The van der Waals surface area contributed by atoms with Gasteiger partial charge in [0.15, 0.2) is 11.2 Å². The van der Waals surface area contributed by atoms with Gasteiger partial charge in [-0.2, -0.15) is 0 Å². The van der Waals surface area contributed by atoms with Crippen molar-refractivity contribution in [2.24, 2.45) is 7.05 Å². The van der Waals surface area contributed by atoms with E-state index in [1.165, 1.54) is 15.3 Å². The highest BCUT2D eigenvalue weighted by Crippen LogP contribution is 2.12. The summed E-state index contributed by atoms with van der Waals surface area (Å²) in [7, 11) is 1.64. The molecular weight excluding hydrogens is 338 g/mol. The average Bonchev–Trinajstić information content (AvgIpc) is 2.97. The zero-order valence-electron chi connectivity index (χ0n) is 14.6. The fourth-order valence-electron chi connectivity index (χ4n) is 2.63. The Bertz CT molecular complexity index is 1050. The molecule has 0 spiro atoms. The molecule has 3 rings (SSSR count). The van der Waals surface area contributed by atoms with Crippen LogP contribution in [0.1, 0.15) is 36.1 Å². The average molecular weight is 357 g/mol. The number of aromatic nitrogens is 5. The molecule has 0 fully saturated rings. The molecule has 136 valence electrons. The molecule has 3 heterocycles. The number of hydrogen-bond acceptors (Lipinski definition) is 6. The summed E-state index contributed by atoms with van der Waals surface area (Å²) in [5, 5.41) is 0. The molecule has 26 heavy (non-hydrogen) atoms. The van der Waals surface area contributed by atoms with Gasteiger partial charge in [0.2, 0.25) is 0 Å². The molecule has 0 aliphatic carbocycles. The lowest BCUT2D eigenvalue weighted by molar-refractivity contribution is 0.0452. The fraction of sp³-hybridized carbons (Fsp3) is 0.353. The highest BCUT2D eigenvalue weighted by molar-refractivity contribution is 5.87. The van der Waals surface area contributed by atoms with Gasteiger partial charge in [0, 0.05) is 19.8 Å². The monoisotopic (exact) mass is 357 g/mol. The van der Waals surface area contributed by atoms with E-state index in [4.69, 9.17) is 4.74 Å². The number of fused-ring (bicyclic) bond motifs is 1. The Balaban J connectivity index is 1.93. The number of ether oxygens (including phenoxy) is 1. The van der Waals surface area contributed by atoms with Crippen molar-refractivity contribution in [3.05, 3.63) is 56.8 Å². The minimum atomic E-state index is -0.588. The first kappa shape index (κ1) is 17.6. The third-order valence-electron chi connectivity index (χ3n) is 4.05. The highest BCUT2D eigenvalue weighted by Gasteiger charge is 2.18. The molecule has 0 aliphatic heterocycles. The van der Waals surface area contributed by atoms with Crippen molar-refractivity contribution in [3.63, 3.8) is 0 Å². The van der Waals surface area contributed by atoms with E-state index in [0.717, 1.165) is 12.8 Å². The first-order valence-corrected chi connectivity index (χ1v) is 8.29. The van der Waals surface area contributed by atoms with Gasteiger partial charge in [0.05, 0.1) is 0 Å². The number of hydrogen-bond donors (Lipinski definition) is 1. The SMILES string of the molecule is CCCCn1c(=O)[nH]c(=O)c2c1nc(COC(=O)c1ccccn1)n2C. The number of aryl methyl sites for hydroxylation is 2. The van der Waals surface area contributed by atoms with Crippen LogP contribution in [-0.2, 0) is 24.9 Å². The Kier molecular flexibility index (Phi) is 4.97. The molecule has 0 amide bonds. The molecule has 0 saturated carbocycles. The van der Waals surface area contributed by atoms with Gasteiger partial charge in [-0.05, 0) is 18.6 Å². The molecule has 3 aromatic heterocycles. The van der Waals surface area contributed by atoms with Crippen LogP contribution in [0.15, 0.2) is 34.0 Å². The molecule has 0 atom stereocenters. The number of pyridine rings is 1. The minimum absolute atomic E-state index is 0.137. The van der Waals surface area contributed by atoms with Crippen LogP contribution in [0.4, 0.5) is 0 Å². The third kappa shape index (κ3) is 3.28. The third-order valence-corrected chi connectivity index (χ3v) is 4.05. The molecule has 0 aromatic carbocycles. The zero-order valence-corrected chi connectivity index (χ0v) is 14.6. The number of esters is 1. The molecule has 0 saturated heterocycles. The number of nitrogens with one attached hydrogen (secondary N) is 1. The van der Waals surface area contributed by atoms with E-state index >= 15 is 0 Å². The minimum Gasteiger partial charge on any atom is -0.453 e. The largest absolute Gasteiger partial charge is 0.453 e. The van der Waals surface area contributed by atoms with Gasteiger partial charge in [-0.25, -0.2) is 19.6 Å². The molecule has 0 bridgehead atoms. The Morgan fingerprint density at radius 3 is 2.81 bits per heavy atom. The maximum atomic E-state index is 12.2. The molecule has 3 aromatic rings. The summed E-state index contributed by atoms with van der Waals surface area (Å²) in [4.78, 5) is 46.9. The number of imidazole rings is 1. The van der Waals surface area contributed by atoms with Crippen molar-refractivity contribution in [2.75, 3.05) is 0 Å². The van der Waals surface area contributed by atoms with Crippen LogP contribution in [0.3, 0.4) is 0 Å². The number of aromatic amines is 1. The smallest absolute Gasteiger partial charge is 0.357 e. The van der Waals surface area contributed by atoms with Gasteiger partial charge in [0.1, 0.15) is 18.1 Å². The number of carbonyl (C=O) groups excluding carboxylic acids is 1. The second kappa shape index (κ2) is 7.34. The standard InChI is InChI=1S/C17H19N5O4/c1-3-4-9-22-14-13(15(23)20-17(22)25)21(2)12(19-14)10-26-16(24)11-7-5-6-8-18-11/h5-8H,3-4,9-10H2,1-2H3,(H,20,23,25). The Labute approximate surface area is 148 Å². The van der Waals surface area contributed by atoms with Gasteiger partial charge in [-0.15, -0.1) is 0 Å². The Morgan fingerprint density at radius 1 is 1.31 bits per heavy atom. The van der Waals surface area contributed by atoms with Gasteiger partial charge < -0.3 is 9.30 Å². The summed E-state index contributed by atoms with van der Waals surface area (Å²) < 4.78 is 8.20. The van der Waals surface area contributed by atoms with E-state index in [1.54, 1.807) is 25.2 Å². The van der Waals surface area contributed by atoms with Gasteiger partial charge >= 0.3 is 11.7 Å². The van der Waals surface area contributed by atoms with Crippen molar-refractivity contribution in [1.29, 1.82) is 0 Å². The van der Waals surface area contributed by atoms with Crippen LogP contribution in [-0.4, -0.2) is 30.1 Å². The van der Waals surface area contributed by atoms with E-state index in [9.17, 15) is 14.4 Å². The summed E-state index contributed by atoms with van der Waals surface area (Å²) in [6.45, 7) is 2.32. The van der Waals surface area contributed by atoms with Crippen molar-refractivity contribution in [1.82, 2.24) is 24.1 Å². The first-order chi connectivity index (χ1) is 12.5. The van der Waals surface area contributed by atoms with E-state index in [1.807, 2.05) is 6.92 Å². The van der Waals surface area contributed by atoms with Gasteiger partial charge in [-0.1, -0.05) is 19.4 Å². The lowest BCUT2D eigenvalue weighted by Gasteiger charge is -2.04. The van der Waals surface area contributed by atoms with Crippen LogP contribution in [0.2, 0.25) is 0 Å². The summed E-state index contributed by atoms with van der Waals surface area (Å²) in [6, 6.07) is 4.93. The molecule has 9 nitrogen and oxygen atoms in total. The molecular formula is C17H19N5O4. The predicted octanol–water partition coefficient (Wildman–Crippen LogP) is 0.975. The maximum absolute atomic E-state index is 12.2. The summed E-state index contributed by atoms with van der Waals surface area (Å²) >= 11 is 0. The molecule has 0 unspecified atom stereocenters. The quantitative estimate of drug-likeness (QED) is 0.658. The van der Waals surface area contributed by atoms with Crippen LogP contribution < -0.4 is 11.2 Å². The summed E-state index contributed by atoms with van der Waals surface area (Å²) in [6.07, 6.45) is 3.17. The lowest BCUT2D eigenvalue weighted by Crippen LogP contribution is -2.31. The topological polar surface area (TPSA) is 112 Å². The molecule has 0 radical (unpaired) electrons. The van der Waals surface area contributed by atoms with Crippen molar-refractivity contribution >= 4 is 17.1 Å². The van der Waals surface area contributed by atoms with Crippen LogP contribution in [0.5, 0.6) is 0 Å². The first-order valence-electron chi connectivity index (χ1n) is 8.29. The second-order valence-corrected chi connectivity index (χ2v) is 5.81. The Morgan fingerprint density at radius 2 is 2.12 bits per heavy atom. The lowest BCUT2D eigenvalue weighted by atomic mass is 10.3. The number of carbonyl (C=O) groups is 1. The Hall–Kier alpha value is -3.23. The normalized spacial score (nSPS) is 11.0. The summed E-state index contributed by atoms with van der Waals surface area (Å²) in [5.74, 6) is -0.222. The van der Waals surface area contributed by atoms with Crippen molar-refractivity contribution < 1.29 is 9.53 Å². The maximum Gasteiger partial charge on any atom is 0.357 e. The van der Waals surface area contributed by atoms with E-state index < -0.39 is 17.2 Å². The molecule has 9 heteroatoms. The molecule has 1 N–H and O–H groups in total.